The highest BCUT2D eigenvalue weighted by Gasteiger charge is 2.23. The van der Waals surface area contributed by atoms with Gasteiger partial charge in [0.15, 0.2) is 0 Å². The first-order valence-electron chi connectivity index (χ1n) is 7.61. The second-order valence-corrected chi connectivity index (χ2v) is 5.40. The predicted molar refractivity (Wildman–Crippen MR) is 84.7 cm³/mol. The summed E-state index contributed by atoms with van der Waals surface area (Å²) >= 11 is 0. The topological polar surface area (TPSA) is 47.0 Å². The smallest absolute Gasteiger partial charge is 0.131 e. The van der Waals surface area contributed by atoms with Gasteiger partial charge < -0.3 is 10.1 Å². The summed E-state index contributed by atoms with van der Waals surface area (Å²) in [5.74, 6) is 2.67. The number of nitrogens with zero attached hydrogens (tertiary/aromatic N) is 2. The van der Waals surface area contributed by atoms with Gasteiger partial charge in [-0.25, -0.2) is 9.97 Å². The van der Waals surface area contributed by atoms with Crippen LogP contribution in [0.1, 0.15) is 32.0 Å². The van der Waals surface area contributed by atoms with E-state index in [0.29, 0.717) is 6.10 Å². The van der Waals surface area contributed by atoms with Crippen molar-refractivity contribution in [2.45, 2.75) is 38.7 Å². The third-order valence-electron chi connectivity index (χ3n) is 3.46. The Kier molecular flexibility index (Phi) is 4.04. The molecule has 110 valence electrons. The van der Waals surface area contributed by atoms with Crippen molar-refractivity contribution in [1.82, 2.24) is 9.97 Å². The van der Waals surface area contributed by atoms with Crippen molar-refractivity contribution >= 4 is 5.82 Å². The van der Waals surface area contributed by atoms with E-state index in [1.54, 1.807) is 0 Å². The molecule has 1 aromatic heterocycles. The number of rotatable bonds is 6. The highest BCUT2D eigenvalue weighted by Crippen LogP contribution is 2.29. The number of hydrogen-bond acceptors (Lipinski definition) is 4. The molecule has 0 saturated heterocycles. The standard InChI is InChI=1S/C17H21N3O/c1-3-5-16-19-15(11-17(18-2)20-16)12-6-4-7-14(10-12)21-13-8-9-13/h4,6-7,10-11,13H,3,5,8-9H2,1-2H3,(H,18,19,20). The van der Waals surface area contributed by atoms with E-state index >= 15 is 0 Å². The number of nitrogens with one attached hydrogen (secondary N) is 1. The summed E-state index contributed by atoms with van der Waals surface area (Å²) < 4.78 is 5.86. The Morgan fingerprint density at radius 2 is 2.10 bits per heavy atom. The van der Waals surface area contributed by atoms with Gasteiger partial charge in [-0.15, -0.1) is 0 Å². The Hall–Kier alpha value is -2.10. The zero-order valence-corrected chi connectivity index (χ0v) is 12.6. The van der Waals surface area contributed by atoms with Crippen molar-refractivity contribution in [3.05, 3.63) is 36.2 Å². The van der Waals surface area contributed by atoms with Crippen LogP contribution < -0.4 is 10.1 Å². The minimum atomic E-state index is 0.411. The average Bonchev–Trinajstić information content (AvgIpc) is 3.31. The molecule has 4 heteroatoms. The first kappa shape index (κ1) is 13.9. The maximum atomic E-state index is 5.86. The number of ether oxygens (including phenoxy) is 1. The van der Waals surface area contributed by atoms with Gasteiger partial charge in [-0.1, -0.05) is 19.1 Å². The lowest BCUT2D eigenvalue weighted by Gasteiger charge is -2.09. The van der Waals surface area contributed by atoms with Crippen molar-refractivity contribution in [2.75, 3.05) is 12.4 Å². The van der Waals surface area contributed by atoms with Crippen LogP contribution in [-0.2, 0) is 6.42 Å². The van der Waals surface area contributed by atoms with Crippen LogP contribution in [0.2, 0.25) is 0 Å². The highest BCUT2D eigenvalue weighted by atomic mass is 16.5. The van der Waals surface area contributed by atoms with Crippen molar-refractivity contribution in [3.63, 3.8) is 0 Å². The first-order valence-corrected chi connectivity index (χ1v) is 7.61. The molecular weight excluding hydrogens is 262 g/mol. The second-order valence-electron chi connectivity index (χ2n) is 5.40. The molecular formula is C17H21N3O. The van der Waals surface area contributed by atoms with Gasteiger partial charge in [-0.3, -0.25) is 0 Å². The molecule has 1 heterocycles. The van der Waals surface area contributed by atoms with Gasteiger partial charge in [0.1, 0.15) is 17.4 Å². The maximum Gasteiger partial charge on any atom is 0.131 e. The van der Waals surface area contributed by atoms with Crippen LogP contribution in [-0.4, -0.2) is 23.1 Å². The lowest BCUT2D eigenvalue weighted by atomic mass is 10.1. The number of hydrogen-bond donors (Lipinski definition) is 1. The largest absolute Gasteiger partial charge is 0.490 e. The minimum absolute atomic E-state index is 0.411. The van der Waals surface area contributed by atoms with Crippen molar-refractivity contribution in [1.29, 1.82) is 0 Å². The van der Waals surface area contributed by atoms with Crippen LogP contribution >= 0.6 is 0 Å². The van der Waals surface area contributed by atoms with E-state index in [9.17, 15) is 0 Å². The summed E-state index contributed by atoms with van der Waals surface area (Å²) in [6.45, 7) is 2.14. The summed E-state index contributed by atoms with van der Waals surface area (Å²) in [6, 6.07) is 10.1. The van der Waals surface area contributed by atoms with Crippen LogP contribution in [0.3, 0.4) is 0 Å². The molecule has 1 aliphatic rings. The van der Waals surface area contributed by atoms with E-state index in [1.165, 1.54) is 12.8 Å². The first-order chi connectivity index (χ1) is 10.3. The fourth-order valence-electron chi connectivity index (χ4n) is 2.22. The summed E-state index contributed by atoms with van der Waals surface area (Å²) in [5, 5.41) is 3.11. The minimum Gasteiger partial charge on any atom is -0.490 e. The predicted octanol–water partition coefficient (Wildman–Crippen LogP) is 3.68. The van der Waals surface area contributed by atoms with E-state index in [1.807, 2.05) is 25.2 Å². The van der Waals surface area contributed by atoms with E-state index in [2.05, 4.69) is 34.3 Å². The normalized spacial score (nSPS) is 14.0. The summed E-state index contributed by atoms with van der Waals surface area (Å²) in [4.78, 5) is 9.17. The average molecular weight is 283 g/mol. The highest BCUT2D eigenvalue weighted by molar-refractivity contribution is 5.64. The lowest BCUT2D eigenvalue weighted by molar-refractivity contribution is 0.303. The van der Waals surface area contributed by atoms with Crippen LogP contribution in [0.15, 0.2) is 30.3 Å². The fourth-order valence-corrected chi connectivity index (χ4v) is 2.22. The summed E-state index contributed by atoms with van der Waals surface area (Å²) in [6.07, 6.45) is 4.68. The maximum absolute atomic E-state index is 5.86. The Labute approximate surface area is 125 Å². The molecule has 2 aromatic rings. The number of aromatic nitrogens is 2. The Balaban J connectivity index is 1.92. The number of anilines is 1. The molecule has 0 atom stereocenters. The quantitative estimate of drug-likeness (QED) is 0.878. The van der Waals surface area contributed by atoms with Gasteiger partial charge in [0.25, 0.3) is 0 Å². The SMILES string of the molecule is CCCc1nc(NC)cc(-c2cccc(OC3CC3)c2)n1. The summed E-state index contributed by atoms with van der Waals surface area (Å²) in [5.41, 5.74) is 2.02. The molecule has 0 amide bonds. The monoisotopic (exact) mass is 283 g/mol. The molecule has 1 aliphatic carbocycles. The van der Waals surface area contributed by atoms with E-state index < -0.39 is 0 Å². The molecule has 0 spiro atoms. The van der Waals surface area contributed by atoms with Crippen LogP contribution in [0, 0.1) is 0 Å². The van der Waals surface area contributed by atoms with Gasteiger partial charge >= 0.3 is 0 Å². The van der Waals surface area contributed by atoms with Gasteiger partial charge in [0.2, 0.25) is 0 Å². The zero-order chi connectivity index (χ0) is 14.7. The van der Waals surface area contributed by atoms with Crippen molar-refractivity contribution < 1.29 is 4.74 Å². The molecule has 1 aromatic carbocycles. The molecule has 1 saturated carbocycles. The third-order valence-corrected chi connectivity index (χ3v) is 3.46. The molecule has 0 radical (unpaired) electrons. The Morgan fingerprint density at radius 1 is 1.24 bits per heavy atom. The number of aryl methyl sites for hydroxylation is 1. The van der Waals surface area contributed by atoms with E-state index in [4.69, 9.17) is 4.74 Å². The van der Waals surface area contributed by atoms with Crippen LogP contribution in [0.4, 0.5) is 5.82 Å². The van der Waals surface area contributed by atoms with Crippen LogP contribution in [0.5, 0.6) is 5.75 Å². The van der Waals surface area contributed by atoms with Gasteiger partial charge in [0, 0.05) is 25.1 Å². The molecule has 0 bridgehead atoms. The van der Waals surface area contributed by atoms with Crippen molar-refractivity contribution in [2.24, 2.45) is 0 Å². The molecule has 0 aliphatic heterocycles. The zero-order valence-electron chi connectivity index (χ0n) is 12.6. The molecule has 1 fully saturated rings. The summed E-state index contributed by atoms with van der Waals surface area (Å²) in [7, 11) is 1.88. The van der Waals surface area contributed by atoms with Gasteiger partial charge in [-0.05, 0) is 31.4 Å². The van der Waals surface area contributed by atoms with Crippen molar-refractivity contribution in [3.8, 4) is 17.0 Å². The van der Waals surface area contributed by atoms with Gasteiger partial charge in [-0.2, -0.15) is 0 Å². The molecule has 0 unspecified atom stereocenters. The van der Waals surface area contributed by atoms with Crippen LogP contribution in [0.25, 0.3) is 11.3 Å². The molecule has 4 nitrogen and oxygen atoms in total. The molecule has 21 heavy (non-hydrogen) atoms. The molecule has 3 rings (SSSR count). The second kappa shape index (κ2) is 6.12. The Bertz CT molecular complexity index is 623. The van der Waals surface area contributed by atoms with E-state index in [0.717, 1.165) is 41.5 Å². The van der Waals surface area contributed by atoms with E-state index in [-0.39, 0.29) is 0 Å². The molecule has 1 N–H and O–H groups in total. The number of benzene rings is 1. The lowest BCUT2D eigenvalue weighted by Crippen LogP contribution is -2.02. The third kappa shape index (κ3) is 3.51. The van der Waals surface area contributed by atoms with Gasteiger partial charge in [0.05, 0.1) is 11.8 Å². The fraction of sp³-hybridized carbons (Fsp3) is 0.412. The Morgan fingerprint density at radius 3 is 2.81 bits per heavy atom.